The molecule has 7 aliphatic carbocycles. The van der Waals surface area contributed by atoms with Crippen LogP contribution in [0.4, 0.5) is 17.1 Å². The Kier molecular flexibility index (Phi) is 7.35. The molecule has 5 nitrogen and oxygen atoms in total. The van der Waals surface area contributed by atoms with Crippen LogP contribution in [0, 0.1) is 47.3 Å². The molecule has 0 spiro atoms. The van der Waals surface area contributed by atoms with Crippen molar-refractivity contribution >= 4 is 39.0 Å². The summed E-state index contributed by atoms with van der Waals surface area (Å²) in [5.41, 5.74) is 10.8. The lowest BCUT2D eigenvalue weighted by Crippen LogP contribution is -2.44. The van der Waals surface area contributed by atoms with Crippen molar-refractivity contribution in [2.75, 3.05) is 4.90 Å². The Morgan fingerprint density at radius 2 is 1.14 bits per heavy atom. The van der Waals surface area contributed by atoms with Crippen molar-refractivity contribution < 1.29 is 4.42 Å². The maximum Gasteiger partial charge on any atom is 0.163 e. The number of nitrogens with zero attached hydrogens (tertiary/aromatic N) is 4. The van der Waals surface area contributed by atoms with Gasteiger partial charge in [0.2, 0.25) is 0 Å². The highest BCUT2D eigenvalue weighted by atomic mass is 16.3. The molecule has 7 fully saturated rings. The van der Waals surface area contributed by atoms with Crippen molar-refractivity contribution in [3.8, 4) is 11.4 Å². The topological polar surface area (TPSA) is 55.1 Å². The molecule has 66 heavy (non-hydrogen) atoms. The van der Waals surface area contributed by atoms with Crippen LogP contribution in [0.2, 0.25) is 0 Å². The highest BCUT2D eigenvalue weighted by molar-refractivity contribution is 6.07. The van der Waals surface area contributed by atoms with Crippen LogP contribution in [0.5, 0.6) is 0 Å². The second-order valence-electron chi connectivity index (χ2n) is 22.5. The molecule has 7 saturated carbocycles. The summed E-state index contributed by atoms with van der Waals surface area (Å²) in [6.45, 7) is 0. The number of rotatable bonds is 6. The van der Waals surface area contributed by atoms with Crippen LogP contribution in [0.3, 0.4) is 0 Å². The van der Waals surface area contributed by atoms with Gasteiger partial charge in [0.25, 0.3) is 0 Å². The van der Waals surface area contributed by atoms with E-state index in [1.54, 1.807) is 0 Å². The molecule has 8 aromatic rings. The largest absolute Gasteiger partial charge is 0.456 e. The molecule has 8 unspecified atom stereocenters. The number of anilines is 3. The lowest BCUT2D eigenvalue weighted by molar-refractivity contribution is 0.0719. The molecule has 3 heterocycles. The molecular formula is C61H54N4O. The van der Waals surface area contributed by atoms with Gasteiger partial charge >= 0.3 is 0 Å². The highest BCUT2D eigenvalue weighted by Gasteiger charge is 2.68. The lowest BCUT2D eigenvalue weighted by Gasteiger charge is -2.48. The van der Waals surface area contributed by atoms with Crippen molar-refractivity contribution in [1.29, 1.82) is 0 Å². The summed E-state index contributed by atoms with van der Waals surface area (Å²) in [6.07, 6.45) is 14.9. The lowest BCUT2D eigenvalue weighted by atomic mass is 9.57. The Morgan fingerprint density at radius 3 is 1.89 bits per heavy atom. The number of fused-ring (bicyclic) bond motifs is 9. The minimum absolute atomic E-state index is 0.120. The van der Waals surface area contributed by atoms with E-state index < -0.39 is 5.41 Å². The first kappa shape index (κ1) is 37.1. The first-order valence-corrected chi connectivity index (χ1v) is 25.4. The van der Waals surface area contributed by atoms with Crippen molar-refractivity contribution in [2.45, 2.75) is 86.9 Å². The molecule has 8 aliphatic rings. The summed E-state index contributed by atoms with van der Waals surface area (Å²) in [4.78, 5) is 19.6. The van der Waals surface area contributed by atoms with E-state index in [0.717, 1.165) is 115 Å². The van der Waals surface area contributed by atoms with E-state index >= 15 is 0 Å². The van der Waals surface area contributed by atoms with Crippen molar-refractivity contribution in [3.05, 3.63) is 179 Å². The molecule has 0 saturated heterocycles. The van der Waals surface area contributed by atoms with Gasteiger partial charge in [-0.15, -0.1) is 0 Å². The normalized spacial score (nSPS) is 32.4. The third-order valence-corrected chi connectivity index (χ3v) is 19.5. The van der Waals surface area contributed by atoms with Gasteiger partial charge in [-0.05, 0) is 158 Å². The average molecular weight is 859 g/mol. The Morgan fingerprint density at radius 1 is 0.500 bits per heavy atom. The summed E-state index contributed by atoms with van der Waals surface area (Å²) in [7, 11) is 0. The van der Waals surface area contributed by atoms with Gasteiger partial charge in [0.05, 0.1) is 16.8 Å². The van der Waals surface area contributed by atoms with E-state index in [1.165, 1.54) is 87.3 Å². The fraction of sp³-hybridized carbons (Fsp3) is 0.361. The van der Waals surface area contributed by atoms with E-state index in [0.29, 0.717) is 0 Å². The molecule has 324 valence electrons. The van der Waals surface area contributed by atoms with Gasteiger partial charge in [0, 0.05) is 38.4 Å². The Hall–Kier alpha value is -6.07. The summed E-state index contributed by atoms with van der Waals surface area (Å²) in [5, 5.41) is 2.28. The molecule has 5 heteroatoms. The van der Waals surface area contributed by atoms with Crippen LogP contribution in [0.1, 0.15) is 105 Å². The Labute approximate surface area is 386 Å². The first-order valence-electron chi connectivity index (χ1n) is 25.4. The zero-order valence-corrected chi connectivity index (χ0v) is 37.5. The molecule has 8 atom stereocenters. The van der Waals surface area contributed by atoms with Gasteiger partial charge in [-0.2, -0.15) is 0 Å². The van der Waals surface area contributed by atoms with Gasteiger partial charge in [0.15, 0.2) is 5.82 Å². The van der Waals surface area contributed by atoms with Crippen LogP contribution >= 0.6 is 0 Å². The third kappa shape index (κ3) is 4.84. The van der Waals surface area contributed by atoms with Crippen molar-refractivity contribution in [2.24, 2.45) is 47.3 Å². The van der Waals surface area contributed by atoms with Gasteiger partial charge in [-0.25, -0.2) is 15.0 Å². The quantitative estimate of drug-likeness (QED) is 0.167. The van der Waals surface area contributed by atoms with Crippen LogP contribution in [-0.4, -0.2) is 15.0 Å². The van der Waals surface area contributed by atoms with Gasteiger partial charge in [-0.1, -0.05) is 122 Å². The predicted octanol–water partition coefficient (Wildman–Crippen LogP) is 14.4. The number of hydrogen-bond donors (Lipinski definition) is 0. The third-order valence-electron chi connectivity index (χ3n) is 19.5. The number of benzene rings is 6. The van der Waals surface area contributed by atoms with Crippen molar-refractivity contribution in [3.63, 3.8) is 0 Å². The molecule has 5 bridgehead atoms. The number of aromatic nitrogens is 3. The van der Waals surface area contributed by atoms with Gasteiger partial charge in [0.1, 0.15) is 22.8 Å². The number of furan rings is 1. The summed E-state index contributed by atoms with van der Waals surface area (Å²) >= 11 is 0. The fourth-order valence-corrected chi connectivity index (χ4v) is 17.3. The second-order valence-corrected chi connectivity index (χ2v) is 22.5. The molecule has 6 aromatic carbocycles. The van der Waals surface area contributed by atoms with Crippen LogP contribution in [0.25, 0.3) is 33.3 Å². The molecular weight excluding hydrogens is 805 g/mol. The van der Waals surface area contributed by atoms with E-state index in [-0.39, 0.29) is 10.8 Å². The molecule has 1 aliphatic heterocycles. The van der Waals surface area contributed by atoms with Crippen LogP contribution in [0.15, 0.2) is 150 Å². The maximum absolute atomic E-state index is 6.91. The zero-order chi connectivity index (χ0) is 42.9. The number of hydrogen-bond acceptors (Lipinski definition) is 5. The van der Waals surface area contributed by atoms with E-state index in [9.17, 15) is 0 Å². The Bertz CT molecular complexity index is 3220. The Balaban J connectivity index is 0.852. The van der Waals surface area contributed by atoms with E-state index in [1.807, 2.05) is 0 Å². The molecule has 0 radical (unpaired) electrons. The molecule has 0 N–H and O–H groups in total. The minimum atomic E-state index is -0.662. The summed E-state index contributed by atoms with van der Waals surface area (Å²) in [6, 6.07) is 53.6. The zero-order valence-electron chi connectivity index (χ0n) is 37.5. The molecule has 16 rings (SSSR count). The minimum Gasteiger partial charge on any atom is -0.456 e. The van der Waals surface area contributed by atoms with Gasteiger partial charge < -0.3 is 9.32 Å². The maximum atomic E-state index is 6.91. The van der Waals surface area contributed by atoms with Crippen molar-refractivity contribution in [1.82, 2.24) is 15.0 Å². The second kappa shape index (κ2) is 13.1. The SMILES string of the molecule is c1ccc(C2(c3cccc4c3oc3ccccc34)c3ccccc3N(c3ccc(-c4nc(C56CC7CCCC(C5)C7C6)nc(C56CC7CC(C5)C5C(C7)C5C6)n4)cc3)c3ccccc32)cc1. The van der Waals surface area contributed by atoms with Crippen LogP contribution in [-0.2, 0) is 16.2 Å². The van der Waals surface area contributed by atoms with E-state index in [2.05, 4.69) is 150 Å². The molecule has 2 aromatic heterocycles. The number of para-hydroxylation sites is 4. The average Bonchev–Trinajstić information content (AvgIpc) is 3.62. The first-order chi connectivity index (χ1) is 32.6. The van der Waals surface area contributed by atoms with E-state index in [4.69, 9.17) is 19.4 Å². The van der Waals surface area contributed by atoms with Crippen LogP contribution < -0.4 is 4.90 Å². The fourth-order valence-electron chi connectivity index (χ4n) is 17.3. The van der Waals surface area contributed by atoms with Gasteiger partial charge in [-0.3, -0.25) is 0 Å². The standard InChI is InChI=1S/C61H54N4O/c1-2-14-41(15-3-1)61(50-20-11-17-44-43-16-4-9-23-53(43)66-55(44)50)48-18-5-7-21-51(48)65(52-22-8-6-19-49(52)61)42-26-24-37(25-27-42)56-62-57(59-30-36-28-40(33-59)54-45(29-36)47(54)35-59)64-58(63-56)60-31-38-12-10-13-39(32-60)46(38)34-60/h1-9,11,14-27,36,38-40,45-47,54H,10,12-13,28-35H2. The highest BCUT2D eigenvalue weighted by Crippen LogP contribution is 2.74. The predicted molar refractivity (Wildman–Crippen MR) is 261 cm³/mol. The monoisotopic (exact) mass is 858 g/mol. The summed E-state index contributed by atoms with van der Waals surface area (Å²) in [5.74, 6) is 10.4. The summed E-state index contributed by atoms with van der Waals surface area (Å²) < 4.78 is 6.91. The smallest absolute Gasteiger partial charge is 0.163 e. The molecule has 0 amide bonds.